The molecular formula is C14H12ClNO5S. The van der Waals surface area contributed by atoms with E-state index in [9.17, 15) is 19.5 Å². The van der Waals surface area contributed by atoms with E-state index in [-0.39, 0.29) is 17.3 Å². The molecule has 8 heteroatoms. The molecule has 0 unspecified atom stereocenters. The Bertz CT molecular complexity index is 673. The van der Waals surface area contributed by atoms with Crippen molar-refractivity contribution in [1.82, 2.24) is 4.90 Å². The SMILES string of the molecule is CCOC(=O)CN1C(=O)S/C(=C\c2cc(Cl)ccc2O)C1=O. The predicted molar refractivity (Wildman–Crippen MR) is 82.4 cm³/mol. The topological polar surface area (TPSA) is 83.9 Å². The molecule has 0 aliphatic carbocycles. The van der Waals surface area contributed by atoms with E-state index in [2.05, 4.69) is 0 Å². The van der Waals surface area contributed by atoms with E-state index >= 15 is 0 Å². The van der Waals surface area contributed by atoms with Gasteiger partial charge in [-0.1, -0.05) is 11.6 Å². The third kappa shape index (κ3) is 3.61. The number of esters is 1. The monoisotopic (exact) mass is 341 g/mol. The van der Waals surface area contributed by atoms with Gasteiger partial charge in [0.2, 0.25) is 0 Å². The number of imide groups is 1. The van der Waals surface area contributed by atoms with Crippen molar-refractivity contribution in [3.05, 3.63) is 33.7 Å². The highest BCUT2D eigenvalue weighted by Gasteiger charge is 2.36. The molecule has 2 rings (SSSR count). The molecule has 1 aromatic rings. The summed E-state index contributed by atoms with van der Waals surface area (Å²) < 4.78 is 4.72. The Hall–Kier alpha value is -1.99. The Morgan fingerprint density at radius 2 is 2.18 bits per heavy atom. The van der Waals surface area contributed by atoms with E-state index in [0.717, 1.165) is 4.90 Å². The molecule has 0 saturated carbocycles. The van der Waals surface area contributed by atoms with Gasteiger partial charge in [0.1, 0.15) is 12.3 Å². The van der Waals surface area contributed by atoms with Crippen LogP contribution in [0.25, 0.3) is 6.08 Å². The molecule has 1 aliphatic heterocycles. The fourth-order valence-electron chi connectivity index (χ4n) is 1.75. The largest absolute Gasteiger partial charge is 0.507 e. The third-order valence-corrected chi connectivity index (χ3v) is 3.88. The molecule has 0 bridgehead atoms. The van der Waals surface area contributed by atoms with Gasteiger partial charge in [-0.2, -0.15) is 0 Å². The summed E-state index contributed by atoms with van der Waals surface area (Å²) >= 11 is 6.52. The smallest absolute Gasteiger partial charge is 0.326 e. The number of aromatic hydroxyl groups is 1. The summed E-state index contributed by atoms with van der Waals surface area (Å²) in [6, 6.07) is 4.36. The van der Waals surface area contributed by atoms with Crippen LogP contribution < -0.4 is 0 Å². The number of amides is 2. The molecule has 2 amide bonds. The fourth-order valence-corrected chi connectivity index (χ4v) is 2.76. The van der Waals surface area contributed by atoms with Crippen LogP contribution in [0, 0.1) is 0 Å². The first-order chi connectivity index (χ1) is 10.4. The van der Waals surface area contributed by atoms with Gasteiger partial charge in [0.15, 0.2) is 0 Å². The van der Waals surface area contributed by atoms with Crippen molar-refractivity contribution in [2.75, 3.05) is 13.2 Å². The molecule has 22 heavy (non-hydrogen) atoms. The molecule has 1 fully saturated rings. The minimum atomic E-state index is -0.656. The van der Waals surface area contributed by atoms with Crippen LogP contribution in [0.5, 0.6) is 5.75 Å². The van der Waals surface area contributed by atoms with Crippen LogP contribution >= 0.6 is 23.4 Å². The average Bonchev–Trinajstić information content (AvgIpc) is 2.71. The first kappa shape index (κ1) is 16.4. The van der Waals surface area contributed by atoms with E-state index in [1.54, 1.807) is 6.92 Å². The zero-order valence-electron chi connectivity index (χ0n) is 11.5. The number of phenolic OH excluding ortho intramolecular Hbond substituents is 1. The number of benzene rings is 1. The van der Waals surface area contributed by atoms with Gasteiger partial charge < -0.3 is 9.84 Å². The Morgan fingerprint density at radius 3 is 2.86 bits per heavy atom. The molecular weight excluding hydrogens is 330 g/mol. The first-order valence-corrected chi connectivity index (χ1v) is 7.51. The average molecular weight is 342 g/mol. The summed E-state index contributed by atoms with van der Waals surface area (Å²) in [6.07, 6.45) is 1.36. The summed E-state index contributed by atoms with van der Waals surface area (Å²) in [5.74, 6) is -1.33. The van der Waals surface area contributed by atoms with Crippen LogP contribution in [0.1, 0.15) is 12.5 Å². The van der Waals surface area contributed by atoms with E-state index in [1.165, 1.54) is 24.3 Å². The van der Waals surface area contributed by atoms with Gasteiger partial charge in [-0.25, -0.2) is 0 Å². The highest BCUT2D eigenvalue weighted by Crippen LogP contribution is 2.34. The van der Waals surface area contributed by atoms with Gasteiger partial charge in [-0.05, 0) is 43.0 Å². The van der Waals surface area contributed by atoms with Crippen molar-refractivity contribution in [3.63, 3.8) is 0 Å². The maximum Gasteiger partial charge on any atom is 0.326 e. The number of carbonyl (C=O) groups is 3. The lowest BCUT2D eigenvalue weighted by Gasteiger charge is -2.10. The van der Waals surface area contributed by atoms with Crippen molar-refractivity contribution in [1.29, 1.82) is 0 Å². The molecule has 6 nitrogen and oxygen atoms in total. The zero-order chi connectivity index (χ0) is 16.3. The second-order valence-electron chi connectivity index (χ2n) is 4.28. The van der Waals surface area contributed by atoms with Gasteiger partial charge in [-0.3, -0.25) is 19.3 Å². The molecule has 0 aromatic heterocycles. The summed E-state index contributed by atoms with van der Waals surface area (Å²) in [6.45, 7) is 1.37. The Kier molecular flexibility index (Phi) is 5.10. The van der Waals surface area contributed by atoms with Crippen molar-refractivity contribution < 1.29 is 24.2 Å². The number of thioether (sulfide) groups is 1. The second kappa shape index (κ2) is 6.85. The number of halogens is 1. The highest BCUT2D eigenvalue weighted by atomic mass is 35.5. The van der Waals surface area contributed by atoms with Crippen molar-refractivity contribution in [2.45, 2.75) is 6.92 Å². The Balaban J connectivity index is 2.22. The van der Waals surface area contributed by atoms with Gasteiger partial charge in [0.05, 0.1) is 11.5 Å². The van der Waals surface area contributed by atoms with Crippen molar-refractivity contribution >= 4 is 46.6 Å². The number of ether oxygens (including phenoxy) is 1. The molecule has 1 aromatic carbocycles. The highest BCUT2D eigenvalue weighted by molar-refractivity contribution is 8.18. The van der Waals surface area contributed by atoms with E-state index in [1.807, 2.05) is 0 Å². The molecule has 1 N–H and O–H groups in total. The summed E-state index contributed by atoms with van der Waals surface area (Å²) in [5.41, 5.74) is 0.314. The molecule has 1 heterocycles. The number of phenols is 1. The van der Waals surface area contributed by atoms with Crippen LogP contribution in [0.2, 0.25) is 5.02 Å². The number of hydrogen-bond acceptors (Lipinski definition) is 6. The van der Waals surface area contributed by atoms with E-state index < -0.39 is 23.7 Å². The molecule has 1 aliphatic rings. The molecule has 116 valence electrons. The maximum atomic E-state index is 12.1. The standard InChI is InChI=1S/C14H12ClNO5S/c1-2-21-12(18)7-16-13(19)11(22-14(16)20)6-8-5-9(15)3-4-10(8)17/h3-6,17H,2,7H2,1H3/b11-6-. The lowest BCUT2D eigenvalue weighted by Crippen LogP contribution is -2.34. The zero-order valence-corrected chi connectivity index (χ0v) is 13.1. The quantitative estimate of drug-likeness (QED) is 0.669. The fraction of sp³-hybridized carbons (Fsp3) is 0.214. The summed E-state index contributed by atoms with van der Waals surface area (Å²) in [7, 11) is 0. The predicted octanol–water partition coefficient (Wildman–Crippen LogP) is 2.65. The van der Waals surface area contributed by atoms with Crippen LogP contribution in [-0.2, 0) is 14.3 Å². The van der Waals surface area contributed by atoms with Crippen LogP contribution in [0.3, 0.4) is 0 Å². The van der Waals surface area contributed by atoms with Crippen LogP contribution in [-0.4, -0.2) is 40.3 Å². The van der Waals surface area contributed by atoms with Gasteiger partial charge in [0, 0.05) is 10.6 Å². The van der Waals surface area contributed by atoms with Gasteiger partial charge in [0.25, 0.3) is 11.1 Å². The van der Waals surface area contributed by atoms with E-state index in [4.69, 9.17) is 16.3 Å². The number of nitrogens with zero attached hydrogens (tertiary/aromatic N) is 1. The molecule has 0 atom stereocenters. The molecule has 1 saturated heterocycles. The third-order valence-electron chi connectivity index (χ3n) is 2.74. The van der Waals surface area contributed by atoms with E-state index in [0.29, 0.717) is 22.3 Å². The lowest BCUT2D eigenvalue weighted by molar-refractivity contribution is -0.145. The second-order valence-corrected chi connectivity index (χ2v) is 5.71. The Morgan fingerprint density at radius 1 is 1.45 bits per heavy atom. The summed E-state index contributed by atoms with van der Waals surface area (Å²) in [5, 5.41) is 9.55. The minimum absolute atomic E-state index is 0.0680. The van der Waals surface area contributed by atoms with Gasteiger partial charge >= 0.3 is 5.97 Å². The van der Waals surface area contributed by atoms with Crippen LogP contribution in [0.15, 0.2) is 23.1 Å². The number of hydrogen-bond donors (Lipinski definition) is 1. The maximum absolute atomic E-state index is 12.1. The van der Waals surface area contributed by atoms with Crippen molar-refractivity contribution in [2.24, 2.45) is 0 Å². The van der Waals surface area contributed by atoms with Gasteiger partial charge in [-0.15, -0.1) is 0 Å². The van der Waals surface area contributed by atoms with Crippen LogP contribution in [0.4, 0.5) is 4.79 Å². The Labute approximate surface area is 135 Å². The minimum Gasteiger partial charge on any atom is -0.507 e. The number of carbonyl (C=O) groups excluding carboxylic acids is 3. The summed E-state index contributed by atoms with van der Waals surface area (Å²) in [4.78, 5) is 36.3. The normalized spacial score (nSPS) is 16.5. The lowest BCUT2D eigenvalue weighted by atomic mass is 10.2. The molecule has 0 spiro atoms. The molecule has 0 radical (unpaired) electrons. The first-order valence-electron chi connectivity index (χ1n) is 6.32. The number of rotatable bonds is 4. The van der Waals surface area contributed by atoms with Crippen molar-refractivity contribution in [3.8, 4) is 5.75 Å².